The summed E-state index contributed by atoms with van der Waals surface area (Å²) >= 11 is 0. The van der Waals surface area contributed by atoms with E-state index in [4.69, 9.17) is 0 Å². The molecule has 0 saturated carbocycles. The van der Waals surface area contributed by atoms with Gasteiger partial charge >= 0.3 is 0 Å². The van der Waals surface area contributed by atoms with Crippen molar-refractivity contribution >= 4 is 0 Å². The lowest BCUT2D eigenvalue weighted by Crippen LogP contribution is -2.23. The minimum atomic E-state index is -0.266. The molecule has 0 spiro atoms. The van der Waals surface area contributed by atoms with Crippen LogP contribution in [0.25, 0.3) is 5.69 Å². The van der Waals surface area contributed by atoms with E-state index in [9.17, 15) is 9.50 Å². The van der Waals surface area contributed by atoms with Crippen molar-refractivity contribution in [2.45, 2.75) is 25.9 Å². The molecule has 3 rings (SSSR count). The number of aromatic nitrogens is 2. The molecule has 1 unspecified atom stereocenters. The summed E-state index contributed by atoms with van der Waals surface area (Å²) in [7, 11) is 0. The molecule has 3 aromatic rings. The largest absolute Gasteiger partial charge is 0.394 e. The number of aryl methyl sites for hydroxylation is 1. The van der Waals surface area contributed by atoms with E-state index in [0.29, 0.717) is 6.54 Å². The van der Waals surface area contributed by atoms with Crippen molar-refractivity contribution in [3.8, 4) is 5.69 Å². The third kappa shape index (κ3) is 4.32. The Labute approximate surface area is 146 Å². The summed E-state index contributed by atoms with van der Waals surface area (Å²) in [5, 5.41) is 17.3. The van der Waals surface area contributed by atoms with Crippen LogP contribution < -0.4 is 5.32 Å². The molecule has 0 bridgehead atoms. The van der Waals surface area contributed by atoms with Crippen LogP contribution in [-0.2, 0) is 13.0 Å². The molecule has 2 N–H and O–H groups in total. The summed E-state index contributed by atoms with van der Waals surface area (Å²) in [5.41, 5.74) is 4.14. The maximum atomic E-state index is 13.0. The van der Waals surface area contributed by atoms with Crippen LogP contribution in [0.15, 0.2) is 60.9 Å². The molecule has 0 aliphatic carbocycles. The van der Waals surface area contributed by atoms with Gasteiger partial charge in [-0.2, -0.15) is 5.10 Å². The normalized spacial score (nSPS) is 12.3. The lowest BCUT2D eigenvalue weighted by Gasteiger charge is -2.16. The van der Waals surface area contributed by atoms with Crippen LogP contribution in [0.4, 0.5) is 4.39 Å². The van der Waals surface area contributed by atoms with Gasteiger partial charge in [0.25, 0.3) is 0 Å². The molecule has 0 aliphatic rings. The van der Waals surface area contributed by atoms with Crippen LogP contribution in [0.5, 0.6) is 0 Å². The number of halogens is 1. The maximum absolute atomic E-state index is 13.0. The SMILES string of the molecule is CCc1ccc(C(CO)NCc2cnn(-c3ccc(F)cc3)c2)cc1. The summed E-state index contributed by atoms with van der Waals surface area (Å²) in [4.78, 5) is 0. The predicted octanol–water partition coefficient (Wildman–Crippen LogP) is 3.40. The second-order valence-corrected chi connectivity index (χ2v) is 5.98. The zero-order valence-corrected chi connectivity index (χ0v) is 14.2. The van der Waals surface area contributed by atoms with E-state index in [2.05, 4.69) is 41.6 Å². The highest BCUT2D eigenvalue weighted by atomic mass is 19.1. The monoisotopic (exact) mass is 339 g/mol. The van der Waals surface area contributed by atoms with Gasteiger partial charge < -0.3 is 10.4 Å². The summed E-state index contributed by atoms with van der Waals surface area (Å²) < 4.78 is 14.7. The lowest BCUT2D eigenvalue weighted by atomic mass is 10.0. The Morgan fingerprint density at radius 1 is 1.08 bits per heavy atom. The molecular formula is C20H22FN3O. The molecule has 25 heavy (non-hydrogen) atoms. The second-order valence-electron chi connectivity index (χ2n) is 5.98. The molecule has 0 saturated heterocycles. The Bertz CT molecular complexity index is 797. The average molecular weight is 339 g/mol. The van der Waals surface area contributed by atoms with Crippen molar-refractivity contribution in [1.82, 2.24) is 15.1 Å². The first kappa shape index (κ1) is 17.3. The summed E-state index contributed by atoms with van der Waals surface area (Å²) in [6, 6.07) is 14.4. The van der Waals surface area contributed by atoms with Crippen molar-refractivity contribution in [2.24, 2.45) is 0 Å². The lowest BCUT2D eigenvalue weighted by molar-refractivity contribution is 0.243. The average Bonchev–Trinajstić information content (AvgIpc) is 3.12. The third-order valence-electron chi connectivity index (χ3n) is 4.25. The summed E-state index contributed by atoms with van der Waals surface area (Å²) in [6.07, 6.45) is 4.67. The number of benzene rings is 2. The van der Waals surface area contributed by atoms with Crippen LogP contribution >= 0.6 is 0 Å². The van der Waals surface area contributed by atoms with Gasteiger partial charge in [0.1, 0.15) is 5.82 Å². The molecule has 1 aromatic heterocycles. The van der Waals surface area contributed by atoms with E-state index in [0.717, 1.165) is 23.2 Å². The number of hydrogen-bond acceptors (Lipinski definition) is 3. The van der Waals surface area contributed by atoms with Crippen LogP contribution in [0, 0.1) is 5.82 Å². The van der Waals surface area contributed by atoms with Gasteiger partial charge in [0.15, 0.2) is 0 Å². The van der Waals surface area contributed by atoms with Crippen LogP contribution in [0.2, 0.25) is 0 Å². The zero-order chi connectivity index (χ0) is 17.6. The van der Waals surface area contributed by atoms with Gasteiger partial charge in [0, 0.05) is 18.3 Å². The van der Waals surface area contributed by atoms with Gasteiger partial charge in [-0.1, -0.05) is 31.2 Å². The first-order chi connectivity index (χ1) is 12.2. The van der Waals surface area contributed by atoms with Crippen molar-refractivity contribution in [3.63, 3.8) is 0 Å². The van der Waals surface area contributed by atoms with Crippen LogP contribution in [0.3, 0.4) is 0 Å². The maximum Gasteiger partial charge on any atom is 0.123 e. The van der Waals surface area contributed by atoms with Gasteiger partial charge in [0.2, 0.25) is 0 Å². The molecular weight excluding hydrogens is 317 g/mol. The zero-order valence-electron chi connectivity index (χ0n) is 14.2. The second kappa shape index (κ2) is 8.05. The summed E-state index contributed by atoms with van der Waals surface area (Å²) in [5.74, 6) is -0.266. The van der Waals surface area contributed by atoms with E-state index in [1.165, 1.54) is 17.7 Å². The molecule has 130 valence electrons. The fourth-order valence-corrected chi connectivity index (χ4v) is 2.70. The Kier molecular flexibility index (Phi) is 5.58. The minimum Gasteiger partial charge on any atom is -0.394 e. The molecule has 0 radical (unpaired) electrons. The minimum absolute atomic E-state index is 0.0254. The van der Waals surface area contributed by atoms with Crippen molar-refractivity contribution in [1.29, 1.82) is 0 Å². The van der Waals surface area contributed by atoms with E-state index < -0.39 is 0 Å². The number of hydrogen-bond donors (Lipinski definition) is 2. The fourth-order valence-electron chi connectivity index (χ4n) is 2.70. The van der Waals surface area contributed by atoms with E-state index in [-0.39, 0.29) is 18.5 Å². The van der Waals surface area contributed by atoms with Gasteiger partial charge in [0.05, 0.1) is 24.5 Å². The van der Waals surface area contributed by atoms with E-state index >= 15 is 0 Å². The first-order valence-electron chi connectivity index (χ1n) is 8.42. The van der Waals surface area contributed by atoms with Crippen molar-refractivity contribution < 1.29 is 9.50 Å². The quantitative estimate of drug-likeness (QED) is 0.694. The van der Waals surface area contributed by atoms with Crippen molar-refractivity contribution in [3.05, 3.63) is 83.4 Å². The molecule has 4 nitrogen and oxygen atoms in total. The molecule has 5 heteroatoms. The molecule has 1 atom stereocenters. The highest BCUT2D eigenvalue weighted by Gasteiger charge is 2.10. The fraction of sp³-hybridized carbons (Fsp3) is 0.250. The highest BCUT2D eigenvalue weighted by Crippen LogP contribution is 2.15. The Balaban J connectivity index is 1.64. The molecule has 2 aromatic carbocycles. The molecule has 1 heterocycles. The number of nitrogens with zero attached hydrogens (tertiary/aromatic N) is 2. The highest BCUT2D eigenvalue weighted by molar-refractivity contribution is 5.31. The number of aliphatic hydroxyl groups excluding tert-OH is 1. The van der Waals surface area contributed by atoms with Crippen molar-refractivity contribution in [2.75, 3.05) is 6.61 Å². The molecule has 0 aliphatic heterocycles. The predicted molar refractivity (Wildman–Crippen MR) is 96.0 cm³/mol. The first-order valence-corrected chi connectivity index (χ1v) is 8.42. The summed E-state index contributed by atoms with van der Waals surface area (Å²) in [6.45, 7) is 2.73. The Hall–Kier alpha value is -2.50. The third-order valence-corrected chi connectivity index (χ3v) is 4.25. The smallest absolute Gasteiger partial charge is 0.123 e. The van der Waals surface area contributed by atoms with Crippen LogP contribution in [-0.4, -0.2) is 21.5 Å². The standard InChI is InChI=1S/C20H22FN3O/c1-2-15-3-5-17(6-4-15)20(14-25)22-11-16-12-23-24(13-16)19-9-7-18(21)8-10-19/h3-10,12-13,20,22,25H,2,11,14H2,1H3. The number of nitrogens with one attached hydrogen (secondary N) is 1. The van der Waals surface area contributed by atoms with Gasteiger partial charge in [-0.3, -0.25) is 0 Å². The Morgan fingerprint density at radius 3 is 2.44 bits per heavy atom. The molecule has 0 fully saturated rings. The van der Waals surface area contributed by atoms with E-state index in [1.54, 1.807) is 23.0 Å². The molecule has 0 amide bonds. The van der Waals surface area contributed by atoms with Crippen LogP contribution in [0.1, 0.15) is 29.7 Å². The van der Waals surface area contributed by atoms with Gasteiger partial charge in [-0.15, -0.1) is 0 Å². The van der Waals surface area contributed by atoms with Gasteiger partial charge in [-0.05, 0) is 41.8 Å². The number of rotatable bonds is 7. The number of aliphatic hydroxyl groups is 1. The van der Waals surface area contributed by atoms with E-state index in [1.807, 2.05) is 6.20 Å². The topological polar surface area (TPSA) is 50.1 Å². The Morgan fingerprint density at radius 2 is 1.80 bits per heavy atom. The van der Waals surface area contributed by atoms with Gasteiger partial charge in [-0.25, -0.2) is 9.07 Å².